The van der Waals surface area contributed by atoms with Crippen LogP contribution in [0.5, 0.6) is 5.75 Å². The van der Waals surface area contributed by atoms with Crippen LogP contribution < -0.4 is 15.6 Å². The van der Waals surface area contributed by atoms with E-state index in [0.29, 0.717) is 4.70 Å². The Bertz CT molecular complexity index is 1250. The average molecular weight is 375 g/mol. The van der Waals surface area contributed by atoms with Gasteiger partial charge in [-0.05, 0) is 47.7 Å². The van der Waals surface area contributed by atoms with Gasteiger partial charge in [0.1, 0.15) is 17.0 Å². The summed E-state index contributed by atoms with van der Waals surface area (Å²) in [5.74, 6) is 0.761. The van der Waals surface area contributed by atoms with Gasteiger partial charge < -0.3 is 15.0 Å². The largest absolute Gasteiger partial charge is 0.496 e. The van der Waals surface area contributed by atoms with Crippen molar-refractivity contribution in [3.63, 3.8) is 0 Å². The number of ether oxygens (including phenoxy) is 1. The minimum Gasteiger partial charge on any atom is -0.496 e. The lowest BCUT2D eigenvalue weighted by molar-refractivity contribution is 0.416. The molecular weight excluding hydrogens is 358 g/mol. The Hall–Kier alpha value is -3.30. The summed E-state index contributed by atoms with van der Waals surface area (Å²) in [7, 11) is 1.66. The van der Waals surface area contributed by atoms with Gasteiger partial charge in [0.2, 0.25) is 0 Å². The number of pyridine rings is 1. The third-order valence-electron chi connectivity index (χ3n) is 4.63. The molecule has 4 rings (SSSR count). The summed E-state index contributed by atoms with van der Waals surface area (Å²) in [4.78, 5) is 15.5. The second kappa shape index (κ2) is 6.78. The van der Waals surface area contributed by atoms with Gasteiger partial charge in [-0.3, -0.25) is 4.79 Å². The molecule has 4 aromatic rings. The topological polar surface area (TPSA) is 77.9 Å². The van der Waals surface area contributed by atoms with Crippen molar-refractivity contribution in [2.45, 2.75) is 6.92 Å². The number of benzene rings is 2. The molecule has 0 bridgehead atoms. The lowest BCUT2D eigenvalue weighted by Crippen LogP contribution is -2.06. The maximum atomic E-state index is 12.4. The molecule has 0 spiro atoms. The van der Waals surface area contributed by atoms with Gasteiger partial charge >= 0.3 is 0 Å². The third kappa shape index (κ3) is 2.82. The molecule has 0 unspecified atom stereocenters. The van der Waals surface area contributed by atoms with Crippen molar-refractivity contribution in [2.24, 2.45) is 0 Å². The second-order valence-corrected chi connectivity index (χ2v) is 7.14. The summed E-state index contributed by atoms with van der Waals surface area (Å²) < 4.78 is 6.40. The number of nitrogens with zero attached hydrogens (tertiary/aromatic N) is 1. The van der Waals surface area contributed by atoms with Gasteiger partial charge in [0.05, 0.1) is 18.7 Å². The average Bonchev–Trinajstić information content (AvgIpc) is 3.18. The molecule has 2 aromatic heterocycles. The van der Waals surface area contributed by atoms with Crippen molar-refractivity contribution in [1.29, 1.82) is 5.26 Å². The molecule has 0 atom stereocenters. The molecule has 0 aliphatic heterocycles. The predicted molar refractivity (Wildman–Crippen MR) is 111 cm³/mol. The SMILES string of the molecule is COc1cc(C)c2[nH]c(=O)c3sccc3c2c1-c1ccc(NCC#N)cc1. The molecule has 0 saturated carbocycles. The lowest BCUT2D eigenvalue weighted by atomic mass is 9.95. The van der Waals surface area contributed by atoms with Crippen LogP contribution in [-0.4, -0.2) is 18.6 Å². The fourth-order valence-corrected chi connectivity index (χ4v) is 4.21. The fraction of sp³-hybridized carbons (Fsp3) is 0.143. The van der Waals surface area contributed by atoms with Gasteiger partial charge in [-0.1, -0.05) is 12.1 Å². The summed E-state index contributed by atoms with van der Waals surface area (Å²) in [5.41, 5.74) is 4.53. The van der Waals surface area contributed by atoms with Crippen LogP contribution in [0.25, 0.3) is 32.1 Å². The molecule has 5 nitrogen and oxygen atoms in total. The van der Waals surface area contributed by atoms with Gasteiger partial charge in [0, 0.05) is 22.0 Å². The number of hydrogen-bond acceptors (Lipinski definition) is 5. The zero-order chi connectivity index (χ0) is 19.0. The number of aromatic amines is 1. The molecule has 0 aliphatic carbocycles. The van der Waals surface area contributed by atoms with E-state index in [-0.39, 0.29) is 12.1 Å². The van der Waals surface area contributed by atoms with Crippen LogP contribution in [0.1, 0.15) is 5.56 Å². The summed E-state index contributed by atoms with van der Waals surface area (Å²) in [6.45, 7) is 2.23. The van der Waals surface area contributed by atoms with Gasteiger partial charge in [0.25, 0.3) is 5.56 Å². The number of fused-ring (bicyclic) bond motifs is 3. The zero-order valence-electron chi connectivity index (χ0n) is 14.9. The Kier molecular flexibility index (Phi) is 4.30. The van der Waals surface area contributed by atoms with Crippen LogP contribution in [0.2, 0.25) is 0 Å². The monoisotopic (exact) mass is 375 g/mol. The standard InChI is InChI=1S/C21H17N3O2S/c1-12-11-16(26-2)17(13-3-5-14(6-4-13)23-9-8-22)18-15-7-10-27-20(15)21(25)24-19(12)18/h3-7,10-11,23H,9H2,1-2H3,(H,24,25). The molecule has 2 heterocycles. The summed E-state index contributed by atoms with van der Waals surface area (Å²) in [6.07, 6.45) is 0. The number of rotatable bonds is 4. The molecule has 0 saturated heterocycles. The fourth-order valence-electron chi connectivity index (χ4n) is 3.41. The first-order chi connectivity index (χ1) is 13.1. The molecule has 6 heteroatoms. The Morgan fingerprint density at radius 2 is 2.04 bits per heavy atom. The number of methoxy groups -OCH3 is 1. The first-order valence-electron chi connectivity index (χ1n) is 8.46. The van der Waals surface area contributed by atoms with E-state index < -0.39 is 0 Å². The van der Waals surface area contributed by atoms with E-state index in [1.807, 2.05) is 48.7 Å². The minimum absolute atomic E-state index is 0.0669. The third-order valence-corrected chi connectivity index (χ3v) is 5.55. The van der Waals surface area contributed by atoms with E-state index in [0.717, 1.165) is 44.4 Å². The quantitative estimate of drug-likeness (QED) is 0.509. The van der Waals surface area contributed by atoms with Crippen molar-refractivity contribution >= 4 is 38.0 Å². The lowest BCUT2D eigenvalue weighted by Gasteiger charge is -2.16. The van der Waals surface area contributed by atoms with Crippen LogP contribution in [0.4, 0.5) is 5.69 Å². The maximum absolute atomic E-state index is 12.4. The van der Waals surface area contributed by atoms with Gasteiger partial charge in [-0.15, -0.1) is 11.3 Å². The van der Waals surface area contributed by atoms with Crippen LogP contribution >= 0.6 is 11.3 Å². The van der Waals surface area contributed by atoms with Crippen LogP contribution in [0.15, 0.2) is 46.6 Å². The molecule has 27 heavy (non-hydrogen) atoms. The molecule has 2 aromatic carbocycles. The van der Waals surface area contributed by atoms with E-state index in [1.54, 1.807) is 7.11 Å². The molecule has 0 aliphatic rings. The van der Waals surface area contributed by atoms with Crippen molar-refractivity contribution in [3.05, 3.63) is 57.7 Å². The number of H-pyrrole nitrogens is 1. The summed E-state index contributed by atoms with van der Waals surface area (Å²) in [5, 5.41) is 15.6. The highest BCUT2D eigenvalue weighted by atomic mass is 32.1. The molecule has 0 amide bonds. The molecule has 0 fully saturated rings. The van der Waals surface area contributed by atoms with Crippen LogP contribution in [0, 0.1) is 18.3 Å². The maximum Gasteiger partial charge on any atom is 0.266 e. The predicted octanol–water partition coefficient (Wildman–Crippen LogP) is 4.66. The first-order valence-corrected chi connectivity index (χ1v) is 9.34. The van der Waals surface area contributed by atoms with Crippen LogP contribution in [-0.2, 0) is 0 Å². The molecule has 2 N–H and O–H groups in total. The van der Waals surface area contributed by atoms with E-state index in [4.69, 9.17) is 10.00 Å². The number of anilines is 1. The number of aromatic nitrogens is 1. The van der Waals surface area contributed by atoms with E-state index in [1.165, 1.54) is 11.3 Å². The van der Waals surface area contributed by atoms with Crippen molar-refractivity contribution in [1.82, 2.24) is 4.98 Å². The second-order valence-electron chi connectivity index (χ2n) is 6.23. The molecular formula is C21H17N3O2S. The smallest absolute Gasteiger partial charge is 0.266 e. The number of aryl methyl sites for hydroxylation is 1. The van der Waals surface area contributed by atoms with Crippen molar-refractivity contribution < 1.29 is 4.74 Å². The van der Waals surface area contributed by atoms with Gasteiger partial charge in [-0.2, -0.15) is 5.26 Å². The number of thiophene rings is 1. The first kappa shape index (κ1) is 17.1. The Morgan fingerprint density at radius 3 is 2.74 bits per heavy atom. The number of nitriles is 1. The Balaban J connectivity index is 2.04. The Morgan fingerprint density at radius 1 is 1.26 bits per heavy atom. The number of nitrogens with one attached hydrogen (secondary N) is 2. The minimum atomic E-state index is -0.0669. The van der Waals surface area contributed by atoms with Gasteiger partial charge in [0.15, 0.2) is 0 Å². The van der Waals surface area contributed by atoms with E-state index in [2.05, 4.69) is 16.4 Å². The Labute approximate surface area is 159 Å². The van der Waals surface area contributed by atoms with E-state index >= 15 is 0 Å². The summed E-state index contributed by atoms with van der Waals surface area (Å²) >= 11 is 1.44. The van der Waals surface area contributed by atoms with Crippen molar-refractivity contribution in [2.75, 3.05) is 19.0 Å². The van der Waals surface area contributed by atoms with Crippen LogP contribution in [0.3, 0.4) is 0 Å². The number of hydrogen-bond donors (Lipinski definition) is 2. The zero-order valence-corrected chi connectivity index (χ0v) is 15.7. The highest BCUT2D eigenvalue weighted by Gasteiger charge is 2.18. The van der Waals surface area contributed by atoms with E-state index in [9.17, 15) is 4.79 Å². The van der Waals surface area contributed by atoms with Gasteiger partial charge in [-0.25, -0.2) is 0 Å². The normalized spacial score (nSPS) is 10.9. The highest BCUT2D eigenvalue weighted by Crippen LogP contribution is 2.41. The molecule has 0 radical (unpaired) electrons. The summed E-state index contributed by atoms with van der Waals surface area (Å²) in [6, 6.07) is 13.9. The van der Waals surface area contributed by atoms with Crippen molar-refractivity contribution in [3.8, 4) is 22.9 Å². The highest BCUT2D eigenvalue weighted by molar-refractivity contribution is 7.17. The molecule has 134 valence electrons.